The van der Waals surface area contributed by atoms with Crippen LogP contribution < -0.4 is 5.32 Å². The first-order valence-electron chi connectivity index (χ1n) is 6.19. The van der Waals surface area contributed by atoms with Crippen LogP contribution in [0, 0.1) is 5.92 Å². The zero-order chi connectivity index (χ0) is 11.5. The lowest BCUT2D eigenvalue weighted by atomic mass is 9.82. The van der Waals surface area contributed by atoms with Gasteiger partial charge in [0.1, 0.15) is 0 Å². The Morgan fingerprint density at radius 3 is 3.06 bits per heavy atom. The summed E-state index contributed by atoms with van der Waals surface area (Å²) in [6.45, 7) is 7.67. The summed E-state index contributed by atoms with van der Waals surface area (Å²) < 4.78 is 3.32. The molecule has 2 rings (SSSR count). The van der Waals surface area contributed by atoms with Gasteiger partial charge < -0.3 is 5.32 Å². The molecule has 0 aromatic carbocycles. The zero-order valence-electron chi connectivity index (χ0n) is 10.0. The van der Waals surface area contributed by atoms with Crippen molar-refractivity contribution in [2.75, 3.05) is 13.1 Å². The Morgan fingerprint density at radius 1 is 1.56 bits per heavy atom. The molecule has 3 nitrogen and oxygen atoms in total. The van der Waals surface area contributed by atoms with Crippen molar-refractivity contribution in [3.8, 4) is 0 Å². The van der Waals surface area contributed by atoms with E-state index in [9.17, 15) is 0 Å². The van der Waals surface area contributed by atoms with Crippen LogP contribution >= 0.6 is 15.9 Å². The minimum Gasteiger partial charge on any atom is -0.316 e. The molecule has 0 amide bonds. The smallest absolute Gasteiger partial charge is 0.0635 e. The summed E-state index contributed by atoms with van der Waals surface area (Å²) in [5.41, 5.74) is 1.40. The average Bonchev–Trinajstić information content (AvgIpc) is 2.70. The summed E-state index contributed by atoms with van der Waals surface area (Å²) in [5, 5.41) is 7.92. The molecule has 1 aromatic rings. The molecule has 0 bridgehead atoms. The second kappa shape index (κ2) is 5.32. The third-order valence-electron chi connectivity index (χ3n) is 3.62. The van der Waals surface area contributed by atoms with Gasteiger partial charge in [-0.15, -0.1) is 0 Å². The molecule has 0 spiro atoms. The Balaban J connectivity index is 2.29. The predicted octanol–water partition coefficient (Wildman–Crippen LogP) is 2.77. The van der Waals surface area contributed by atoms with Crippen LogP contribution in [0.25, 0.3) is 0 Å². The first-order valence-corrected chi connectivity index (χ1v) is 6.99. The van der Waals surface area contributed by atoms with Crippen molar-refractivity contribution in [3.05, 3.63) is 16.4 Å². The quantitative estimate of drug-likeness (QED) is 0.926. The summed E-state index contributed by atoms with van der Waals surface area (Å²) in [7, 11) is 0. The van der Waals surface area contributed by atoms with Gasteiger partial charge >= 0.3 is 0 Å². The lowest BCUT2D eigenvalue weighted by Gasteiger charge is -2.32. The van der Waals surface area contributed by atoms with Crippen molar-refractivity contribution >= 4 is 15.9 Å². The van der Waals surface area contributed by atoms with Gasteiger partial charge in [-0.3, -0.25) is 4.68 Å². The van der Waals surface area contributed by atoms with Gasteiger partial charge in [0, 0.05) is 12.5 Å². The molecule has 2 atom stereocenters. The van der Waals surface area contributed by atoms with Gasteiger partial charge in [-0.1, -0.05) is 13.3 Å². The first kappa shape index (κ1) is 12.1. The molecule has 1 aromatic heterocycles. The molecule has 16 heavy (non-hydrogen) atoms. The van der Waals surface area contributed by atoms with Crippen molar-refractivity contribution in [1.29, 1.82) is 0 Å². The van der Waals surface area contributed by atoms with Crippen molar-refractivity contribution in [2.24, 2.45) is 5.92 Å². The summed E-state index contributed by atoms with van der Waals surface area (Å²) in [6.07, 6.45) is 4.40. The van der Waals surface area contributed by atoms with Gasteiger partial charge in [-0.05, 0) is 48.3 Å². The van der Waals surface area contributed by atoms with Gasteiger partial charge in [-0.25, -0.2) is 0 Å². The Hall–Kier alpha value is -0.350. The van der Waals surface area contributed by atoms with E-state index >= 15 is 0 Å². The van der Waals surface area contributed by atoms with E-state index in [2.05, 4.69) is 44.9 Å². The molecule has 90 valence electrons. The van der Waals surface area contributed by atoms with Crippen LogP contribution in [0.5, 0.6) is 0 Å². The van der Waals surface area contributed by atoms with Crippen LogP contribution in [0.3, 0.4) is 0 Å². The Kier molecular flexibility index (Phi) is 4.03. The molecule has 2 heterocycles. The maximum atomic E-state index is 4.43. The number of nitrogens with one attached hydrogen (secondary N) is 1. The van der Waals surface area contributed by atoms with Gasteiger partial charge in [0.05, 0.1) is 16.4 Å². The van der Waals surface area contributed by atoms with Gasteiger partial charge in [0.25, 0.3) is 0 Å². The fourth-order valence-electron chi connectivity index (χ4n) is 2.70. The summed E-state index contributed by atoms with van der Waals surface area (Å²) in [4.78, 5) is 0. The van der Waals surface area contributed by atoms with E-state index in [1.807, 2.05) is 6.20 Å². The summed E-state index contributed by atoms with van der Waals surface area (Å²) >= 11 is 3.65. The number of hydrogen-bond acceptors (Lipinski definition) is 2. The van der Waals surface area contributed by atoms with E-state index in [1.54, 1.807) is 0 Å². The molecular formula is C12H20BrN3. The van der Waals surface area contributed by atoms with E-state index in [0.717, 1.165) is 25.6 Å². The third kappa shape index (κ3) is 2.18. The molecule has 0 radical (unpaired) electrons. The van der Waals surface area contributed by atoms with E-state index in [1.165, 1.54) is 23.0 Å². The molecule has 1 fully saturated rings. The number of aryl methyl sites for hydroxylation is 1. The minimum atomic E-state index is 0.656. The van der Waals surface area contributed by atoms with Crippen LogP contribution in [-0.4, -0.2) is 22.9 Å². The maximum absolute atomic E-state index is 4.43. The Labute approximate surface area is 106 Å². The molecule has 1 saturated heterocycles. The second-order valence-corrected chi connectivity index (χ2v) is 5.32. The number of halogens is 1. The van der Waals surface area contributed by atoms with Crippen LogP contribution in [0.15, 0.2) is 10.7 Å². The normalized spacial score (nSPS) is 25.9. The van der Waals surface area contributed by atoms with Crippen LogP contribution in [0.2, 0.25) is 0 Å². The Morgan fingerprint density at radius 2 is 2.38 bits per heavy atom. The highest BCUT2D eigenvalue weighted by atomic mass is 79.9. The lowest BCUT2D eigenvalue weighted by Crippen LogP contribution is -2.36. The maximum Gasteiger partial charge on any atom is 0.0635 e. The molecule has 0 saturated carbocycles. The second-order valence-electron chi connectivity index (χ2n) is 4.46. The van der Waals surface area contributed by atoms with Gasteiger partial charge in [0.15, 0.2) is 0 Å². The fourth-order valence-corrected chi connectivity index (χ4v) is 3.29. The summed E-state index contributed by atoms with van der Waals surface area (Å²) in [5.74, 6) is 1.40. The minimum absolute atomic E-state index is 0.656. The third-order valence-corrected chi connectivity index (χ3v) is 4.23. The number of hydrogen-bond donors (Lipinski definition) is 1. The molecule has 2 unspecified atom stereocenters. The van der Waals surface area contributed by atoms with E-state index in [-0.39, 0.29) is 0 Å². The molecule has 1 aliphatic rings. The highest BCUT2D eigenvalue weighted by Crippen LogP contribution is 2.36. The van der Waals surface area contributed by atoms with E-state index in [0.29, 0.717) is 5.92 Å². The van der Waals surface area contributed by atoms with Crippen molar-refractivity contribution in [2.45, 2.75) is 39.2 Å². The number of aromatic nitrogens is 2. The average molecular weight is 286 g/mol. The Bertz CT molecular complexity index is 348. The standard InChI is InChI=1S/C12H20BrN3/c1-3-9-7-14-6-5-10(9)12-11(13)8-15-16(12)4-2/h8-10,14H,3-7H2,1-2H3. The highest BCUT2D eigenvalue weighted by Gasteiger charge is 2.29. The molecular weight excluding hydrogens is 266 g/mol. The molecule has 1 aliphatic heterocycles. The number of piperidine rings is 1. The number of rotatable bonds is 3. The van der Waals surface area contributed by atoms with Gasteiger partial charge in [0.2, 0.25) is 0 Å². The van der Waals surface area contributed by atoms with Crippen LogP contribution in [0.4, 0.5) is 0 Å². The van der Waals surface area contributed by atoms with Crippen molar-refractivity contribution in [1.82, 2.24) is 15.1 Å². The van der Waals surface area contributed by atoms with Gasteiger partial charge in [-0.2, -0.15) is 5.10 Å². The largest absolute Gasteiger partial charge is 0.316 e. The van der Waals surface area contributed by atoms with Crippen molar-refractivity contribution in [3.63, 3.8) is 0 Å². The lowest BCUT2D eigenvalue weighted by molar-refractivity contribution is 0.303. The first-order chi connectivity index (χ1) is 7.77. The molecule has 1 N–H and O–H groups in total. The molecule has 0 aliphatic carbocycles. The van der Waals surface area contributed by atoms with E-state index in [4.69, 9.17) is 0 Å². The van der Waals surface area contributed by atoms with Crippen LogP contribution in [0.1, 0.15) is 38.3 Å². The van der Waals surface area contributed by atoms with Crippen LogP contribution in [-0.2, 0) is 6.54 Å². The topological polar surface area (TPSA) is 29.9 Å². The van der Waals surface area contributed by atoms with Crippen molar-refractivity contribution < 1.29 is 0 Å². The monoisotopic (exact) mass is 285 g/mol. The highest BCUT2D eigenvalue weighted by molar-refractivity contribution is 9.10. The zero-order valence-corrected chi connectivity index (χ0v) is 11.6. The SMILES string of the molecule is CCC1CNCCC1c1c(Br)cnn1CC. The molecule has 4 heteroatoms. The van der Waals surface area contributed by atoms with E-state index < -0.39 is 0 Å². The summed E-state index contributed by atoms with van der Waals surface area (Å²) in [6, 6.07) is 0. The number of nitrogens with zero attached hydrogens (tertiary/aromatic N) is 2. The predicted molar refractivity (Wildman–Crippen MR) is 69.6 cm³/mol. The fraction of sp³-hybridized carbons (Fsp3) is 0.750.